The summed E-state index contributed by atoms with van der Waals surface area (Å²) >= 11 is 1.52. The summed E-state index contributed by atoms with van der Waals surface area (Å²) in [6.07, 6.45) is 2.46. The minimum absolute atomic E-state index is 0.0359. The van der Waals surface area contributed by atoms with E-state index in [0.717, 1.165) is 21.7 Å². The van der Waals surface area contributed by atoms with Crippen LogP contribution in [0.3, 0.4) is 0 Å². The Morgan fingerprint density at radius 3 is 2.64 bits per heavy atom. The van der Waals surface area contributed by atoms with Gasteiger partial charge in [0.05, 0.1) is 24.4 Å². The molecule has 2 aromatic carbocycles. The Kier molecular flexibility index (Phi) is 6.27. The topological polar surface area (TPSA) is 108 Å². The second kappa shape index (κ2) is 9.91. The van der Waals surface area contributed by atoms with Gasteiger partial charge >= 0.3 is 5.84 Å². The number of thiazole rings is 1. The van der Waals surface area contributed by atoms with Gasteiger partial charge in [-0.2, -0.15) is 9.50 Å². The molecule has 11 heteroatoms. The first kappa shape index (κ1) is 24.7. The van der Waals surface area contributed by atoms with Crippen molar-refractivity contribution in [1.29, 1.82) is 0 Å². The molecule has 0 unspecified atom stereocenters. The Hall–Kier alpha value is -4.64. The van der Waals surface area contributed by atoms with Gasteiger partial charge in [0.2, 0.25) is 5.89 Å². The molecule has 0 saturated carbocycles. The summed E-state index contributed by atoms with van der Waals surface area (Å²) in [4.78, 5) is 22.9. The Bertz CT molecular complexity index is 1760. The first-order valence-corrected chi connectivity index (χ1v) is 13.2. The van der Waals surface area contributed by atoms with E-state index in [1.54, 1.807) is 36.8 Å². The number of carbonyl (C=O) groups excluding carboxylic acids is 1. The van der Waals surface area contributed by atoms with E-state index in [4.69, 9.17) is 23.3 Å². The van der Waals surface area contributed by atoms with Crippen LogP contribution < -0.4 is 9.47 Å². The lowest BCUT2D eigenvalue weighted by Crippen LogP contribution is -2.21. The first-order chi connectivity index (χ1) is 18.9. The summed E-state index contributed by atoms with van der Waals surface area (Å²) in [5, 5.41) is 7.96. The van der Waals surface area contributed by atoms with Crippen LogP contribution in [-0.4, -0.2) is 51.6 Å². The summed E-state index contributed by atoms with van der Waals surface area (Å²) in [7, 11) is 5.07. The molecule has 0 N–H and O–H groups in total. The van der Waals surface area contributed by atoms with Gasteiger partial charge in [-0.05, 0) is 18.2 Å². The van der Waals surface area contributed by atoms with E-state index in [-0.39, 0.29) is 12.5 Å². The van der Waals surface area contributed by atoms with Crippen LogP contribution in [0.5, 0.6) is 11.5 Å². The maximum atomic E-state index is 12.2. The first-order valence-electron chi connectivity index (χ1n) is 12.3. The average Bonchev–Trinajstić information content (AvgIpc) is 3.73. The van der Waals surface area contributed by atoms with Crippen LogP contribution in [0.15, 0.2) is 62.9 Å². The fourth-order valence-electron chi connectivity index (χ4n) is 4.12. The molecule has 0 saturated heterocycles. The molecule has 0 spiro atoms. The Balaban J connectivity index is 1.23. The van der Waals surface area contributed by atoms with Gasteiger partial charge in [-0.15, -0.1) is 16.4 Å². The summed E-state index contributed by atoms with van der Waals surface area (Å²) in [6, 6.07) is 13.0. The zero-order valence-corrected chi connectivity index (χ0v) is 22.6. The number of aryl methyl sites for hydroxylation is 1. The minimum Gasteiger partial charge on any atom is -0.496 e. The molecule has 1 amide bonds. The second-order valence-corrected chi connectivity index (χ2v) is 9.92. The third kappa shape index (κ3) is 4.72. The molecule has 0 aliphatic heterocycles. The molecule has 4 aromatic heterocycles. The highest BCUT2D eigenvalue weighted by molar-refractivity contribution is 7.13. The van der Waals surface area contributed by atoms with Gasteiger partial charge < -0.3 is 23.2 Å². The normalized spacial score (nSPS) is 11.4. The van der Waals surface area contributed by atoms with Crippen LogP contribution in [0, 0.1) is 0 Å². The number of imidazole rings is 1. The van der Waals surface area contributed by atoms with E-state index in [1.165, 1.54) is 11.3 Å². The number of fused-ring (bicyclic) bond motifs is 2. The number of ether oxygens (including phenoxy) is 2. The lowest BCUT2D eigenvalue weighted by molar-refractivity contribution is 0.0827. The third-order valence-electron chi connectivity index (χ3n) is 6.16. The Labute approximate surface area is 227 Å². The third-order valence-corrected chi connectivity index (χ3v) is 7.10. The van der Waals surface area contributed by atoms with Crippen LogP contribution in [0.1, 0.15) is 28.9 Å². The van der Waals surface area contributed by atoms with E-state index in [9.17, 15) is 4.79 Å². The van der Waals surface area contributed by atoms with Gasteiger partial charge in [0.1, 0.15) is 34.4 Å². The van der Waals surface area contributed by atoms with Crippen molar-refractivity contribution in [3.05, 3.63) is 71.2 Å². The molecular weight excluding hydrogens is 518 g/mol. The molecule has 10 nitrogen and oxygen atoms in total. The smallest absolute Gasteiger partial charge is 0.325 e. The van der Waals surface area contributed by atoms with Crippen LogP contribution in [0.25, 0.3) is 38.8 Å². The van der Waals surface area contributed by atoms with Crippen molar-refractivity contribution >= 4 is 34.1 Å². The van der Waals surface area contributed by atoms with Gasteiger partial charge in [0.15, 0.2) is 5.76 Å². The lowest BCUT2D eigenvalue weighted by atomic mass is 10.1. The highest BCUT2D eigenvalue weighted by atomic mass is 32.1. The van der Waals surface area contributed by atoms with Crippen molar-refractivity contribution < 1.29 is 23.1 Å². The summed E-state index contributed by atoms with van der Waals surface area (Å²) in [5.74, 6) is 2.78. The number of methoxy groups -OCH3 is 1. The standard InChI is InChI=1S/C28H25N5O5S/c1-5-25-31-33-13-21(30-28(33)38-25)24-12-20-22(10-19(35-4)11-23(20)37-24)36-14-18-15-39-26(29-18)16-6-8-17(9-7-16)27(34)32(2)3/h6-13,15H,5,14H2,1-4H3. The number of rotatable bonds is 8. The Morgan fingerprint density at radius 1 is 1.10 bits per heavy atom. The van der Waals surface area contributed by atoms with Crippen LogP contribution in [0.2, 0.25) is 0 Å². The molecule has 0 radical (unpaired) electrons. The second-order valence-electron chi connectivity index (χ2n) is 9.06. The molecule has 0 bridgehead atoms. The van der Waals surface area contributed by atoms with E-state index < -0.39 is 0 Å². The molecule has 198 valence electrons. The maximum absolute atomic E-state index is 12.2. The number of aromatic nitrogens is 4. The van der Waals surface area contributed by atoms with E-state index in [1.807, 2.05) is 54.8 Å². The van der Waals surface area contributed by atoms with Crippen molar-refractivity contribution in [2.75, 3.05) is 21.2 Å². The molecular formula is C28H25N5O5S. The number of nitrogens with zero attached hydrogens (tertiary/aromatic N) is 5. The highest BCUT2D eigenvalue weighted by Gasteiger charge is 2.18. The summed E-state index contributed by atoms with van der Waals surface area (Å²) in [6.45, 7) is 2.23. The van der Waals surface area contributed by atoms with Gasteiger partial charge in [-0.25, -0.2) is 4.98 Å². The lowest BCUT2D eigenvalue weighted by Gasteiger charge is -2.10. The maximum Gasteiger partial charge on any atom is 0.325 e. The molecule has 0 aliphatic carbocycles. The molecule has 4 heterocycles. The van der Waals surface area contributed by atoms with Crippen LogP contribution >= 0.6 is 11.3 Å². The van der Waals surface area contributed by atoms with Crippen LogP contribution in [0.4, 0.5) is 0 Å². The number of benzene rings is 2. The van der Waals surface area contributed by atoms with E-state index >= 15 is 0 Å². The summed E-state index contributed by atoms with van der Waals surface area (Å²) < 4.78 is 25.0. The molecule has 39 heavy (non-hydrogen) atoms. The SMILES string of the molecule is CCc1nn2cc(-c3cc4c(OCc5csc(-c6ccc(C(=O)N(C)C)cc6)n5)cc(OC)cc4o3)nc2o1. The zero-order chi connectivity index (χ0) is 27.1. The van der Waals surface area contributed by atoms with Gasteiger partial charge in [0, 0.05) is 49.2 Å². The van der Waals surface area contributed by atoms with Gasteiger partial charge in [0.25, 0.3) is 5.91 Å². The molecule has 0 atom stereocenters. The monoisotopic (exact) mass is 543 g/mol. The largest absolute Gasteiger partial charge is 0.496 e. The van der Waals surface area contributed by atoms with Crippen molar-refractivity contribution in [2.45, 2.75) is 20.0 Å². The predicted octanol–water partition coefficient (Wildman–Crippen LogP) is 5.71. The fraction of sp³-hybridized carbons (Fsp3) is 0.214. The van der Waals surface area contributed by atoms with Crippen molar-refractivity contribution in [3.8, 4) is 33.5 Å². The number of hydrogen-bond acceptors (Lipinski definition) is 9. The van der Waals surface area contributed by atoms with Crippen LogP contribution in [-0.2, 0) is 13.0 Å². The van der Waals surface area contributed by atoms with Crippen molar-refractivity contribution in [3.63, 3.8) is 0 Å². The van der Waals surface area contributed by atoms with Crippen molar-refractivity contribution in [1.82, 2.24) is 24.5 Å². The molecule has 6 aromatic rings. The quantitative estimate of drug-likeness (QED) is 0.240. The van der Waals surface area contributed by atoms with Gasteiger partial charge in [-0.3, -0.25) is 4.79 Å². The predicted molar refractivity (Wildman–Crippen MR) is 146 cm³/mol. The minimum atomic E-state index is -0.0359. The molecule has 0 aliphatic rings. The number of carbonyl (C=O) groups is 1. The fourth-order valence-corrected chi connectivity index (χ4v) is 4.93. The van der Waals surface area contributed by atoms with Gasteiger partial charge in [-0.1, -0.05) is 19.1 Å². The van der Waals surface area contributed by atoms with E-state index in [2.05, 4.69) is 10.1 Å². The number of hydrogen-bond donors (Lipinski definition) is 0. The van der Waals surface area contributed by atoms with Crippen molar-refractivity contribution in [2.24, 2.45) is 0 Å². The summed E-state index contributed by atoms with van der Waals surface area (Å²) in [5.41, 5.74) is 3.58. The number of furan rings is 1. The molecule has 6 rings (SSSR count). The Morgan fingerprint density at radius 2 is 1.92 bits per heavy atom. The zero-order valence-electron chi connectivity index (χ0n) is 21.8. The van der Waals surface area contributed by atoms with E-state index in [0.29, 0.717) is 52.3 Å². The average molecular weight is 544 g/mol. The number of amides is 1. The highest BCUT2D eigenvalue weighted by Crippen LogP contribution is 2.37. The molecule has 0 fully saturated rings.